The Hall–Kier alpha value is -4.38. The van der Waals surface area contributed by atoms with Gasteiger partial charge in [-0.25, -0.2) is 9.78 Å². The van der Waals surface area contributed by atoms with Crippen molar-refractivity contribution in [2.75, 3.05) is 31.8 Å². The molecule has 1 atom stereocenters. The number of fused-ring (bicyclic) bond motifs is 1. The maximum atomic E-state index is 13.5. The molecule has 3 aromatic rings. The summed E-state index contributed by atoms with van der Waals surface area (Å²) in [7, 11) is 1.25. The number of ketones is 1. The summed E-state index contributed by atoms with van der Waals surface area (Å²) in [5, 5.41) is 11.5. The smallest absolute Gasteiger partial charge is 0.350 e. The third-order valence-electron chi connectivity index (χ3n) is 6.11. The molecule has 5 rings (SSSR count). The normalized spacial score (nSPS) is 18.0. The molecule has 1 amide bonds. The molecule has 0 aliphatic carbocycles. The number of hydrogen-bond donors (Lipinski definition) is 1. The van der Waals surface area contributed by atoms with Crippen LogP contribution in [0.1, 0.15) is 39.5 Å². The summed E-state index contributed by atoms with van der Waals surface area (Å²) in [5.74, 6) is -1.30. The van der Waals surface area contributed by atoms with Crippen LogP contribution < -0.4 is 19.1 Å². The fraction of sp³-hybridized carbons (Fsp3) is 0.259. The van der Waals surface area contributed by atoms with Gasteiger partial charge in [-0.1, -0.05) is 23.5 Å². The van der Waals surface area contributed by atoms with E-state index in [1.165, 1.54) is 12.0 Å². The number of Topliss-reactive ketones (excluding diaryl/α,β-unsaturated/α-hetero) is 1. The highest BCUT2D eigenvalue weighted by atomic mass is 32.1. The zero-order valence-corrected chi connectivity index (χ0v) is 21.7. The van der Waals surface area contributed by atoms with Gasteiger partial charge in [0.25, 0.3) is 5.78 Å². The molecule has 1 unspecified atom stereocenters. The zero-order valence-electron chi connectivity index (χ0n) is 20.8. The number of anilines is 1. The van der Waals surface area contributed by atoms with Gasteiger partial charge in [0.1, 0.15) is 29.6 Å². The summed E-state index contributed by atoms with van der Waals surface area (Å²) in [4.78, 5) is 44.9. The van der Waals surface area contributed by atoms with Crippen molar-refractivity contribution in [1.82, 2.24) is 4.98 Å². The van der Waals surface area contributed by atoms with E-state index in [-0.39, 0.29) is 26.9 Å². The van der Waals surface area contributed by atoms with Crippen LogP contribution in [0, 0.1) is 6.92 Å². The van der Waals surface area contributed by atoms with Crippen molar-refractivity contribution in [3.05, 3.63) is 69.7 Å². The molecule has 2 aliphatic rings. The van der Waals surface area contributed by atoms with Crippen molar-refractivity contribution in [1.29, 1.82) is 0 Å². The molecule has 0 saturated carbocycles. The summed E-state index contributed by atoms with van der Waals surface area (Å²) in [6.45, 7) is 4.61. The number of thiazole rings is 1. The molecule has 10 nitrogen and oxygen atoms in total. The topological polar surface area (TPSA) is 124 Å². The molecule has 1 fully saturated rings. The van der Waals surface area contributed by atoms with Crippen molar-refractivity contribution in [3.63, 3.8) is 0 Å². The molecule has 3 heterocycles. The summed E-state index contributed by atoms with van der Waals surface area (Å²) < 4.78 is 21.7. The van der Waals surface area contributed by atoms with E-state index in [1.54, 1.807) is 49.4 Å². The van der Waals surface area contributed by atoms with E-state index < -0.39 is 23.7 Å². The second kappa shape index (κ2) is 10.2. The fourth-order valence-corrected chi connectivity index (χ4v) is 5.41. The summed E-state index contributed by atoms with van der Waals surface area (Å²) in [5.41, 5.74) is 1.02. The number of nitrogens with zero attached hydrogens (tertiary/aromatic N) is 2. The maximum Gasteiger partial charge on any atom is 0.350 e. The van der Waals surface area contributed by atoms with Crippen LogP contribution in [-0.2, 0) is 14.3 Å². The zero-order chi connectivity index (χ0) is 27.0. The van der Waals surface area contributed by atoms with Crippen molar-refractivity contribution in [2.24, 2.45) is 0 Å². The Morgan fingerprint density at radius 3 is 2.66 bits per heavy atom. The number of aromatic nitrogens is 1. The first-order valence-electron chi connectivity index (χ1n) is 11.8. The van der Waals surface area contributed by atoms with Gasteiger partial charge in [0.05, 0.1) is 31.0 Å². The lowest BCUT2D eigenvalue weighted by molar-refractivity contribution is -0.132. The Morgan fingerprint density at radius 1 is 1.16 bits per heavy atom. The van der Waals surface area contributed by atoms with E-state index >= 15 is 0 Å². The summed E-state index contributed by atoms with van der Waals surface area (Å²) in [6.07, 6.45) is 0. The molecule has 11 heteroatoms. The highest BCUT2D eigenvalue weighted by Crippen LogP contribution is 2.45. The predicted octanol–water partition coefficient (Wildman–Crippen LogP) is 4.03. The van der Waals surface area contributed by atoms with Crippen molar-refractivity contribution < 1.29 is 38.4 Å². The lowest BCUT2D eigenvalue weighted by Crippen LogP contribution is -2.29. The SMILES string of the molecule is CCOc1cccc(C2/C(=C(/O)c3ccc4c(c3)OCCO4)C(=O)C(=O)N2c2nc(C)c(C(=O)OC)s2)c1. The minimum Gasteiger partial charge on any atom is -0.507 e. The Bertz CT molecular complexity index is 1480. The fourth-order valence-electron chi connectivity index (χ4n) is 4.40. The molecule has 0 spiro atoms. The number of aliphatic hydroxyl groups excluding tert-OH is 1. The molecule has 2 aromatic carbocycles. The first-order chi connectivity index (χ1) is 18.3. The number of methoxy groups -OCH3 is 1. The highest BCUT2D eigenvalue weighted by Gasteiger charge is 2.48. The Labute approximate surface area is 222 Å². The van der Waals surface area contributed by atoms with Crippen LogP contribution >= 0.6 is 11.3 Å². The van der Waals surface area contributed by atoms with E-state index in [2.05, 4.69) is 4.98 Å². The number of benzene rings is 2. The number of ether oxygens (including phenoxy) is 4. The Kier molecular flexibility index (Phi) is 6.77. The summed E-state index contributed by atoms with van der Waals surface area (Å²) >= 11 is 0.931. The van der Waals surface area contributed by atoms with Crippen LogP contribution in [0.2, 0.25) is 0 Å². The second-order valence-corrected chi connectivity index (χ2v) is 9.41. The Morgan fingerprint density at radius 2 is 1.92 bits per heavy atom. The number of hydrogen-bond acceptors (Lipinski definition) is 10. The number of esters is 1. The minimum absolute atomic E-state index is 0.123. The molecular weight excluding hydrogens is 512 g/mol. The molecule has 196 valence electrons. The minimum atomic E-state index is -1.04. The molecule has 1 N–H and O–H groups in total. The first-order valence-corrected chi connectivity index (χ1v) is 12.6. The van der Waals surface area contributed by atoms with Crippen LogP contribution in [0.4, 0.5) is 5.13 Å². The number of carbonyl (C=O) groups excluding carboxylic acids is 3. The van der Waals surface area contributed by atoms with Gasteiger partial charge in [-0.2, -0.15) is 0 Å². The number of rotatable bonds is 6. The standard InChI is InChI=1S/C27H24N2O8S/c1-4-35-17-7-5-6-15(12-17)21-20(22(30)16-8-9-18-19(13-16)37-11-10-36-18)23(31)25(32)29(21)27-28-14(2)24(38-27)26(33)34-3/h5-9,12-13,21,30H,4,10-11H2,1-3H3/b22-20-. The van der Waals surface area contributed by atoms with Crippen LogP contribution in [0.15, 0.2) is 48.0 Å². The average molecular weight is 537 g/mol. The van der Waals surface area contributed by atoms with Crippen LogP contribution in [-0.4, -0.2) is 54.7 Å². The van der Waals surface area contributed by atoms with Crippen molar-refractivity contribution in [3.8, 4) is 17.2 Å². The number of carbonyl (C=O) groups is 3. The van der Waals surface area contributed by atoms with Gasteiger partial charge in [0.15, 0.2) is 16.6 Å². The molecule has 0 bridgehead atoms. The highest BCUT2D eigenvalue weighted by molar-refractivity contribution is 7.17. The Balaban J connectivity index is 1.69. The second-order valence-electron chi connectivity index (χ2n) is 8.44. The van der Waals surface area contributed by atoms with Gasteiger partial charge >= 0.3 is 11.9 Å². The molecule has 1 aromatic heterocycles. The van der Waals surface area contributed by atoms with Gasteiger partial charge in [0.2, 0.25) is 0 Å². The van der Waals surface area contributed by atoms with Crippen molar-refractivity contribution in [2.45, 2.75) is 19.9 Å². The maximum absolute atomic E-state index is 13.5. The van der Waals surface area contributed by atoms with E-state index in [0.717, 1.165) is 11.3 Å². The average Bonchev–Trinajstić information content (AvgIpc) is 3.44. The molecule has 0 radical (unpaired) electrons. The third-order valence-corrected chi connectivity index (χ3v) is 7.24. The quantitative estimate of drug-likeness (QED) is 0.215. The van der Waals surface area contributed by atoms with Crippen LogP contribution in [0.3, 0.4) is 0 Å². The van der Waals surface area contributed by atoms with E-state index in [1.807, 2.05) is 6.92 Å². The van der Waals surface area contributed by atoms with Gasteiger partial charge in [0, 0.05) is 5.56 Å². The molecule has 38 heavy (non-hydrogen) atoms. The first kappa shape index (κ1) is 25.3. The van der Waals surface area contributed by atoms with E-state index in [9.17, 15) is 19.5 Å². The number of aliphatic hydroxyl groups is 1. The lowest BCUT2D eigenvalue weighted by atomic mass is 9.95. The summed E-state index contributed by atoms with van der Waals surface area (Å²) in [6, 6.07) is 10.7. The van der Waals surface area contributed by atoms with Gasteiger partial charge in [-0.15, -0.1) is 0 Å². The van der Waals surface area contributed by atoms with Crippen LogP contribution in [0.5, 0.6) is 17.2 Å². The molecular formula is C27H24N2O8S. The lowest BCUT2D eigenvalue weighted by Gasteiger charge is -2.23. The van der Waals surface area contributed by atoms with Gasteiger partial charge < -0.3 is 24.1 Å². The monoisotopic (exact) mass is 536 g/mol. The number of amides is 1. The van der Waals surface area contributed by atoms with E-state index in [4.69, 9.17) is 18.9 Å². The molecule has 1 saturated heterocycles. The molecule has 2 aliphatic heterocycles. The van der Waals surface area contributed by atoms with Crippen molar-refractivity contribution >= 4 is 39.9 Å². The third kappa shape index (κ3) is 4.34. The van der Waals surface area contributed by atoms with Gasteiger partial charge in [-0.05, 0) is 49.7 Å². The number of aryl methyl sites for hydroxylation is 1. The predicted molar refractivity (Wildman–Crippen MR) is 138 cm³/mol. The van der Waals surface area contributed by atoms with Gasteiger partial charge in [-0.3, -0.25) is 14.5 Å². The van der Waals surface area contributed by atoms with E-state index in [0.29, 0.717) is 48.3 Å². The van der Waals surface area contributed by atoms with Crippen LogP contribution in [0.25, 0.3) is 5.76 Å². The largest absolute Gasteiger partial charge is 0.507 e.